The Morgan fingerprint density at radius 3 is 2.69 bits per heavy atom. The van der Waals surface area contributed by atoms with Gasteiger partial charge in [-0.2, -0.15) is 5.26 Å². The Balaban J connectivity index is 2.28. The third-order valence-electron chi connectivity index (χ3n) is 3.60. The van der Waals surface area contributed by atoms with E-state index in [2.05, 4.69) is 11.4 Å². The average molecular weight is 224 g/mol. The Labute approximate surface area is 98.8 Å². The SMILES string of the molecule is CC(C)(C#N)CCNC1CCCCC1CO. The lowest BCUT2D eigenvalue weighted by Crippen LogP contribution is -2.41. The number of rotatable bonds is 5. The van der Waals surface area contributed by atoms with Crippen LogP contribution in [0.4, 0.5) is 0 Å². The van der Waals surface area contributed by atoms with Gasteiger partial charge in [0.25, 0.3) is 0 Å². The quantitative estimate of drug-likeness (QED) is 0.751. The molecule has 1 aliphatic carbocycles. The van der Waals surface area contributed by atoms with E-state index in [0.29, 0.717) is 18.6 Å². The summed E-state index contributed by atoms with van der Waals surface area (Å²) in [6.07, 6.45) is 5.68. The Hall–Kier alpha value is -0.590. The fourth-order valence-corrected chi connectivity index (χ4v) is 2.32. The molecule has 0 aliphatic heterocycles. The van der Waals surface area contributed by atoms with Crippen molar-refractivity contribution in [1.29, 1.82) is 5.26 Å². The van der Waals surface area contributed by atoms with Gasteiger partial charge in [0.1, 0.15) is 0 Å². The van der Waals surface area contributed by atoms with Gasteiger partial charge in [0, 0.05) is 12.6 Å². The summed E-state index contributed by atoms with van der Waals surface area (Å²) in [5.41, 5.74) is -0.240. The number of nitriles is 1. The van der Waals surface area contributed by atoms with Crippen molar-refractivity contribution in [3.63, 3.8) is 0 Å². The molecule has 3 nitrogen and oxygen atoms in total. The minimum absolute atomic E-state index is 0.240. The molecule has 2 unspecified atom stereocenters. The topological polar surface area (TPSA) is 56.0 Å². The van der Waals surface area contributed by atoms with Crippen LogP contribution in [0.3, 0.4) is 0 Å². The van der Waals surface area contributed by atoms with Gasteiger partial charge in [0.2, 0.25) is 0 Å². The molecule has 1 saturated carbocycles. The van der Waals surface area contributed by atoms with Crippen LogP contribution in [-0.2, 0) is 0 Å². The molecule has 0 amide bonds. The van der Waals surface area contributed by atoms with E-state index in [1.807, 2.05) is 13.8 Å². The maximum Gasteiger partial charge on any atom is 0.0684 e. The first-order valence-corrected chi connectivity index (χ1v) is 6.34. The minimum atomic E-state index is -0.240. The summed E-state index contributed by atoms with van der Waals surface area (Å²) in [5.74, 6) is 0.416. The molecule has 3 heteroatoms. The monoisotopic (exact) mass is 224 g/mol. The van der Waals surface area contributed by atoms with E-state index in [1.165, 1.54) is 12.8 Å². The van der Waals surface area contributed by atoms with Gasteiger partial charge >= 0.3 is 0 Å². The summed E-state index contributed by atoms with van der Waals surface area (Å²) in [6, 6.07) is 2.77. The third-order valence-corrected chi connectivity index (χ3v) is 3.60. The van der Waals surface area contributed by atoms with E-state index >= 15 is 0 Å². The Morgan fingerprint density at radius 1 is 1.38 bits per heavy atom. The molecule has 2 atom stereocenters. The lowest BCUT2D eigenvalue weighted by molar-refractivity contribution is 0.151. The Bertz CT molecular complexity index is 245. The molecule has 0 aromatic heterocycles. The molecule has 0 aromatic rings. The lowest BCUT2D eigenvalue weighted by Gasteiger charge is -2.31. The van der Waals surface area contributed by atoms with Crippen molar-refractivity contribution in [3.05, 3.63) is 0 Å². The molecule has 92 valence electrons. The first kappa shape index (κ1) is 13.5. The van der Waals surface area contributed by atoms with Crippen LogP contribution in [0.2, 0.25) is 0 Å². The number of hydrogen-bond donors (Lipinski definition) is 2. The molecule has 1 aliphatic rings. The third kappa shape index (κ3) is 4.11. The summed E-state index contributed by atoms with van der Waals surface area (Å²) in [4.78, 5) is 0. The van der Waals surface area contributed by atoms with Crippen molar-refractivity contribution in [2.75, 3.05) is 13.2 Å². The number of aliphatic hydroxyl groups is 1. The van der Waals surface area contributed by atoms with E-state index in [0.717, 1.165) is 25.8 Å². The summed E-state index contributed by atoms with van der Waals surface area (Å²) in [5, 5.41) is 21.7. The second kappa shape index (κ2) is 6.22. The van der Waals surface area contributed by atoms with Crippen molar-refractivity contribution in [2.24, 2.45) is 11.3 Å². The second-order valence-corrected chi connectivity index (χ2v) is 5.53. The first-order valence-electron chi connectivity index (χ1n) is 6.34. The number of hydrogen-bond acceptors (Lipinski definition) is 3. The van der Waals surface area contributed by atoms with E-state index in [4.69, 9.17) is 5.26 Å². The summed E-state index contributed by atoms with van der Waals surface area (Å²) in [6.45, 7) is 5.11. The first-order chi connectivity index (χ1) is 7.59. The summed E-state index contributed by atoms with van der Waals surface area (Å²) >= 11 is 0. The van der Waals surface area contributed by atoms with Gasteiger partial charge < -0.3 is 10.4 Å². The zero-order valence-electron chi connectivity index (χ0n) is 10.5. The molecule has 0 heterocycles. The normalized spacial score (nSPS) is 26.4. The molecular weight excluding hydrogens is 200 g/mol. The highest BCUT2D eigenvalue weighted by Crippen LogP contribution is 2.24. The Kier molecular flexibility index (Phi) is 5.24. The largest absolute Gasteiger partial charge is 0.396 e. The Morgan fingerprint density at radius 2 is 2.06 bits per heavy atom. The fourth-order valence-electron chi connectivity index (χ4n) is 2.32. The molecule has 1 fully saturated rings. The maximum absolute atomic E-state index is 9.27. The smallest absolute Gasteiger partial charge is 0.0684 e. The molecule has 0 saturated heterocycles. The summed E-state index contributed by atoms with van der Waals surface area (Å²) < 4.78 is 0. The maximum atomic E-state index is 9.27. The molecule has 0 radical (unpaired) electrons. The number of aliphatic hydroxyl groups excluding tert-OH is 1. The lowest BCUT2D eigenvalue weighted by atomic mass is 9.84. The standard InChI is InChI=1S/C13H24N2O/c1-13(2,10-14)7-8-15-12-6-4-3-5-11(12)9-16/h11-12,15-16H,3-9H2,1-2H3. The highest BCUT2D eigenvalue weighted by atomic mass is 16.3. The van der Waals surface area contributed by atoms with Gasteiger partial charge in [-0.3, -0.25) is 0 Å². The van der Waals surface area contributed by atoms with Crippen LogP contribution in [0.1, 0.15) is 46.0 Å². The van der Waals surface area contributed by atoms with Gasteiger partial charge in [0.05, 0.1) is 11.5 Å². The van der Waals surface area contributed by atoms with Crippen LogP contribution in [0.5, 0.6) is 0 Å². The van der Waals surface area contributed by atoms with Crippen LogP contribution in [0.15, 0.2) is 0 Å². The molecule has 0 spiro atoms. The minimum Gasteiger partial charge on any atom is -0.396 e. The van der Waals surface area contributed by atoms with Crippen molar-refractivity contribution >= 4 is 0 Å². The van der Waals surface area contributed by atoms with Crippen LogP contribution in [0.25, 0.3) is 0 Å². The molecule has 2 N–H and O–H groups in total. The number of nitrogens with one attached hydrogen (secondary N) is 1. The van der Waals surface area contributed by atoms with Gasteiger partial charge in [-0.25, -0.2) is 0 Å². The van der Waals surface area contributed by atoms with Crippen molar-refractivity contribution in [1.82, 2.24) is 5.32 Å². The van der Waals surface area contributed by atoms with Crippen LogP contribution in [0, 0.1) is 22.7 Å². The van der Waals surface area contributed by atoms with Crippen LogP contribution >= 0.6 is 0 Å². The molecule has 0 bridgehead atoms. The van der Waals surface area contributed by atoms with Crippen LogP contribution < -0.4 is 5.32 Å². The van der Waals surface area contributed by atoms with E-state index in [1.54, 1.807) is 0 Å². The molecule has 0 aromatic carbocycles. The summed E-state index contributed by atoms with van der Waals surface area (Å²) in [7, 11) is 0. The van der Waals surface area contributed by atoms with Gasteiger partial charge in [-0.15, -0.1) is 0 Å². The van der Waals surface area contributed by atoms with Gasteiger partial charge in [0.15, 0.2) is 0 Å². The van der Waals surface area contributed by atoms with Crippen molar-refractivity contribution in [2.45, 2.75) is 52.0 Å². The predicted molar refractivity (Wildman–Crippen MR) is 64.8 cm³/mol. The van der Waals surface area contributed by atoms with E-state index < -0.39 is 0 Å². The van der Waals surface area contributed by atoms with Crippen molar-refractivity contribution in [3.8, 4) is 6.07 Å². The highest BCUT2D eigenvalue weighted by Gasteiger charge is 2.24. The number of nitrogens with zero attached hydrogens (tertiary/aromatic N) is 1. The van der Waals surface area contributed by atoms with Gasteiger partial charge in [-0.1, -0.05) is 12.8 Å². The molecule has 1 rings (SSSR count). The van der Waals surface area contributed by atoms with E-state index in [9.17, 15) is 5.11 Å². The van der Waals surface area contributed by atoms with Crippen LogP contribution in [-0.4, -0.2) is 24.3 Å². The highest BCUT2D eigenvalue weighted by molar-refractivity contribution is 4.92. The zero-order valence-corrected chi connectivity index (χ0v) is 10.5. The predicted octanol–water partition coefficient (Wildman–Crippen LogP) is 2.07. The van der Waals surface area contributed by atoms with Crippen molar-refractivity contribution < 1.29 is 5.11 Å². The zero-order chi connectivity index (χ0) is 12.0. The average Bonchev–Trinajstić information content (AvgIpc) is 2.29. The molecule has 16 heavy (non-hydrogen) atoms. The van der Waals surface area contributed by atoms with Gasteiger partial charge in [-0.05, 0) is 45.6 Å². The fraction of sp³-hybridized carbons (Fsp3) is 0.923. The molecular formula is C13H24N2O. The second-order valence-electron chi connectivity index (χ2n) is 5.53. The van der Waals surface area contributed by atoms with E-state index in [-0.39, 0.29) is 5.41 Å².